The van der Waals surface area contributed by atoms with Crippen LogP contribution in [0.25, 0.3) is 0 Å². The molecule has 2 bridgehead atoms. The van der Waals surface area contributed by atoms with Gasteiger partial charge in [-0.3, -0.25) is 9.59 Å². The number of carbonyl (C=O) groups excluding carboxylic acids is 2. The van der Waals surface area contributed by atoms with Gasteiger partial charge in [-0.05, 0) is 49.3 Å². The fraction of sp³-hybridized carbons (Fsp3) is 0.500. The smallest absolute Gasteiger partial charge is 0.291 e. The Morgan fingerprint density at radius 3 is 2.50 bits per heavy atom. The van der Waals surface area contributed by atoms with Crippen molar-refractivity contribution in [3.63, 3.8) is 0 Å². The molecule has 2 amide bonds. The molecule has 4 heterocycles. The van der Waals surface area contributed by atoms with Crippen LogP contribution in [0.2, 0.25) is 0 Å². The van der Waals surface area contributed by atoms with Crippen molar-refractivity contribution < 1.29 is 19.4 Å². The number of para-hydroxylation sites is 1. The molecule has 0 aliphatic carbocycles. The van der Waals surface area contributed by atoms with E-state index in [4.69, 9.17) is 4.74 Å². The monoisotopic (exact) mass is 438 g/mol. The van der Waals surface area contributed by atoms with Gasteiger partial charge in [0.15, 0.2) is 0 Å². The van der Waals surface area contributed by atoms with E-state index >= 15 is 0 Å². The number of aromatic nitrogens is 2. The lowest BCUT2D eigenvalue weighted by Gasteiger charge is -2.41. The molecule has 3 aliphatic rings. The lowest BCUT2D eigenvalue weighted by molar-refractivity contribution is 0.0296. The number of hydrogen-bond donors (Lipinski definition) is 1. The minimum atomic E-state index is -0.230. The van der Waals surface area contributed by atoms with Crippen LogP contribution in [-0.2, 0) is 0 Å². The van der Waals surface area contributed by atoms with Gasteiger partial charge >= 0.3 is 0 Å². The first kappa shape index (κ1) is 22.2. The van der Waals surface area contributed by atoms with Crippen molar-refractivity contribution in [2.75, 3.05) is 39.4 Å². The number of hydrogen-bond acceptors (Lipinski definition) is 6. The Hall–Kier alpha value is -3.00. The molecule has 0 spiro atoms. The Morgan fingerprint density at radius 1 is 1.00 bits per heavy atom. The number of benzene rings is 1. The third-order valence-corrected chi connectivity index (χ3v) is 6.61. The van der Waals surface area contributed by atoms with Crippen LogP contribution in [0.4, 0.5) is 0 Å². The summed E-state index contributed by atoms with van der Waals surface area (Å²) in [6.07, 6.45) is 7.26. The molecule has 5 rings (SSSR count). The topological polar surface area (TPSA) is 95.9 Å². The summed E-state index contributed by atoms with van der Waals surface area (Å²) < 4.78 is 5.97. The molecule has 3 aliphatic heterocycles. The summed E-state index contributed by atoms with van der Waals surface area (Å²) in [4.78, 5) is 37.9. The van der Waals surface area contributed by atoms with Crippen molar-refractivity contribution in [1.82, 2.24) is 19.8 Å². The zero-order valence-electron chi connectivity index (χ0n) is 18.3. The molecule has 2 aromatic rings. The average molecular weight is 439 g/mol. The van der Waals surface area contributed by atoms with E-state index < -0.39 is 0 Å². The number of fused-ring (bicyclic) bond motifs is 9. The van der Waals surface area contributed by atoms with Crippen molar-refractivity contribution in [2.45, 2.75) is 32.1 Å². The number of aliphatic hydroxyl groups excluding tert-OH is 1. The van der Waals surface area contributed by atoms with Gasteiger partial charge in [0.1, 0.15) is 12.4 Å². The zero-order chi connectivity index (χ0) is 22.4. The fourth-order valence-corrected chi connectivity index (χ4v) is 4.55. The molecule has 1 fully saturated rings. The Morgan fingerprint density at radius 2 is 1.75 bits per heavy atom. The van der Waals surface area contributed by atoms with Gasteiger partial charge in [0, 0.05) is 38.6 Å². The van der Waals surface area contributed by atoms with E-state index in [1.54, 1.807) is 35.5 Å². The van der Waals surface area contributed by atoms with Crippen LogP contribution >= 0.6 is 0 Å². The summed E-state index contributed by atoms with van der Waals surface area (Å²) in [6.45, 7) is 2.58. The predicted octanol–water partition coefficient (Wildman–Crippen LogP) is 2.40. The van der Waals surface area contributed by atoms with Crippen LogP contribution < -0.4 is 4.74 Å². The second-order valence-electron chi connectivity index (χ2n) is 8.62. The number of nitrogens with zero attached hydrogens (tertiary/aromatic N) is 4. The van der Waals surface area contributed by atoms with E-state index in [1.165, 1.54) is 0 Å². The number of piperidine rings is 1. The third kappa shape index (κ3) is 4.91. The highest BCUT2D eigenvalue weighted by molar-refractivity contribution is 5.97. The van der Waals surface area contributed by atoms with E-state index in [9.17, 15) is 14.7 Å². The molecule has 32 heavy (non-hydrogen) atoms. The Balaban J connectivity index is 1.57. The standard InChI is InChI=1S/C24H30N4O4/c29-18-24-8-3-4-13-27(23(31)21-25-11-5-12-26-21)16-17-32-20-7-2-1-6-19(20)22(30)28(14-9-24)15-10-24/h1-2,5-7,11-12,29H,3-4,8-10,13-18H2. The summed E-state index contributed by atoms with van der Waals surface area (Å²) in [5.74, 6) is 0.411. The molecule has 1 N–H and O–H groups in total. The lowest BCUT2D eigenvalue weighted by Crippen LogP contribution is -2.44. The highest BCUT2D eigenvalue weighted by atomic mass is 16.5. The van der Waals surface area contributed by atoms with Gasteiger partial charge in [0.05, 0.1) is 12.1 Å². The van der Waals surface area contributed by atoms with Crippen LogP contribution in [-0.4, -0.2) is 76.1 Å². The van der Waals surface area contributed by atoms with Crippen molar-refractivity contribution in [3.05, 3.63) is 54.1 Å². The average Bonchev–Trinajstić information content (AvgIpc) is 2.86. The summed E-state index contributed by atoms with van der Waals surface area (Å²) in [5, 5.41) is 10.1. The normalized spacial score (nSPS) is 19.5. The molecule has 170 valence electrons. The highest BCUT2D eigenvalue weighted by Gasteiger charge is 2.36. The van der Waals surface area contributed by atoms with E-state index in [-0.39, 0.29) is 36.3 Å². The van der Waals surface area contributed by atoms with Gasteiger partial charge < -0.3 is 19.6 Å². The molecular formula is C24H30N4O4. The molecule has 0 unspecified atom stereocenters. The number of carbonyl (C=O) groups is 2. The maximum Gasteiger partial charge on any atom is 0.291 e. The Kier molecular flexibility index (Phi) is 6.99. The molecule has 8 nitrogen and oxygen atoms in total. The van der Waals surface area contributed by atoms with Crippen LogP contribution in [0.1, 0.15) is 53.1 Å². The van der Waals surface area contributed by atoms with E-state index in [1.807, 2.05) is 17.0 Å². The second-order valence-corrected chi connectivity index (χ2v) is 8.62. The lowest BCUT2D eigenvalue weighted by atomic mass is 9.75. The van der Waals surface area contributed by atoms with Gasteiger partial charge in [-0.15, -0.1) is 0 Å². The van der Waals surface area contributed by atoms with Crippen molar-refractivity contribution in [3.8, 4) is 5.75 Å². The Bertz CT molecular complexity index is 929. The maximum absolute atomic E-state index is 13.2. The quantitative estimate of drug-likeness (QED) is 0.774. The van der Waals surface area contributed by atoms with Crippen LogP contribution in [0.3, 0.4) is 0 Å². The van der Waals surface area contributed by atoms with E-state index in [2.05, 4.69) is 9.97 Å². The summed E-state index contributed by atoms with van der Waals surface area (Å²) in [6, 6.07) is 8.93. The molecule has 0 atom stereocenters. The number of aliphatic hydroxyl groups is 1. The van der Waals surface area contributed by atoms with E-state index in [0.717, 1.165) is 32.1 Å². The van der Waals surface area contributed by atoms with E-state index in [0.29, 0.717) is 37.5 Å². The summed E-state index contributed by atoms with van der Waals surface area (Å²) >= 11 is 0. The van der Waals surface area contributed by atoms with Gasteiger partial charge in [-0.2, -0.15) is 0 Å². The molecule has 1 aromatic carbocycles. The van der Waals surface area contributed by atoms with Crippen molar-refractivity contribution >= 4 is 11.8 Å². The van der Waals surface area contributed by atoms with Crippen molar-refractivity contribution in [1.29, 1.82) is 0 Å². The summed E-state index contributed by atoms with van der Waals surface area (Å²) in [7, 11) is 0. The SMILES string of the molecule is O=C(c1ncccn1)N1CCCCC2(CO)CCN(CC2)C(=O)c2ccccc2OCC1. The van der Waals surface area contributed by atoms with Gasteiger partial charge in [-0.25, -0.2) is 9.97 Å². The molecule has 8 heteroatoms. The minimum Gasteiger partial charge on any atom is -0.491 e. The zero-order valence-corrected chi connectivity index (χ0v) is 18.3. The molecular weight excluding hydrogens is 408 g/mol. The van der Waals surface area contributed by atoms with Gasteiger partial charge in [0.25, 0.3) is 11.8 Å². The van der Waals surface area contributed by atoms with Gasteiger partial charge in [0.2, 0.25) is 5.82 Å². The number of rotatable bonds is 2. The van der Waals surface area contributed by atoms with Crippen LogP contribution in [0.5, 0.6) is 5.75 Å². The third-order valence-electron chi connectivity index (χ3n) is 6.61. The first-order valence-corrected chi connectivity index (χ1v) is 11.3. The predicted molar refractivity (Wildman–Crippen MR) is 118 cm³/mol. The van der Waals surface area contributed by atoms with Crippen LogP contribution in [0, 0.1) is 5.41 Å². The fourth-order valence-electron chi connectivity index (χ4n) is 4.55. The minimum absolute atomic E-state index is 0.0485. The van der Waals surface area contributed by atoms with Gasteiger partial charge in [-0.1, -0.05) is 18.6 Å². The molecule has 1 saturated heterocycles. The number of amides is 2. The van der Waals surface area contributed by atoms with Crippen molar-refractivity contribution in [2.24, 2.45) is 5.41 Å². The molecule has 0 radical (unpaired) electrons. The Labute approximate surface area is 188 Å². The van der Waals surface area contributed by atoms with Crippen LogP contribution in [0.15, 0.2) is 42.7 Å². The second kappa shape index (κ2) is 10.1. The first-order chi connectivity index (χ1) is 15.6. The number of ether oxygens (including phenoxy) is 1. The molecule has 1 aromatic heterocycles. The maximum atomic E-state index is 13.2. The summed E-state index contributed by atoms with van der Waals surface area (Å²) in [5.41, 5.74) is 0.368. The molecule has 0 saturated carbocycles. The first-order valence-electron chi connectivity index (χ1n) is 11.3. The largest absolute Gasteiger partial charge is 0.491 e. The highest BCUT2D eigenvalue weighted by Crippen LogP contribution is 2.37.